The zero-order valence-electron chi connectivity index (χ0n) is 11.7. The molecule has 0 aliphatic carbocycles. The molecule has 0 aromatic heterocycles. The van der Waals surface area contributed by atoms with E-state index in [2.05, 4.69) is 35.9 Å². The highest BCUT2D eigenvalue weighted by Gasteiger charge is 2.03. The normalized spacial score (nSPS) is 12.3. The molecule has 0 bridgehead atoms. The average Bonchev–Trinajstić information content (AvgIpc) is 2.53. The van der Waals surface area contributed by atoms with Gasteiger partial charge in [-0.15, -0.1) is 0 Å². The van der Waals surface area contributed by atoms with Crippen LogP contribution in [0.5, 0.6) is 0 Å². The van der Waals surface area contributed by atoms with Crippen molar-refractivity contribution in [1.82, 2.24) is 0 Å². The van der Waals surface area contributed by atoms with E-state index in [0.29, 0.717) is 11.5 Å². The summed E-state index contributed by atoms with van der Waals surface area (Å²) in [6.45, 7) is 2.16. The highest BCUT2D eigenvalue weighted by Crippen LogP contribution is 2.17. The molecule has 2 heteroatoms. The zero-order chi connectivity index (χ0) is 14.4. The standard InChI is InChI=1S/C18H18O2/c1-14(16-6-4-3-5-7-16)8-9-15-10-12-17(13-11-15)18(19)20-2/h3-14H,1-2H3/b9-8+/t14-/m1/s1. The third kappa shape index (κ3) is 3.58. The number of allylic oxidation sites excluding steroid dienone is 1. The molecule has 0 radical (unpaired) electrons. The van der Waals surface area contributed by atoms with Crippen molar-refractivity contribution in [2.45, 2.75) is 12.8 Å². The molecule has 2 nitrogen and oxygen atoms in total. The Morgan fingerprint density at radius 2 is 1.70 bits per heavy atom. The minimum Gasteiger partial charge on any atom is -0.465 e. The number of rotatable bonds is 4. The number of carbonyl (C=O) groups is 1. The molecule has 0 N–H and O–H groups in total. The summed E-state index contributed by atoms with van der Waals surface area (Å²) in [4.78, 5) is 11.3. The first-order chi connectivity index (χ1) is 9.70. The highest BCUT2D eigenvalue weighted by molar-refractivity contribution is 5.89. The highest BCUT2D eigenvalue weighted by atomic mass is 16.5. The summed E-state index contributed by atoms with van der Waals surface area (Å²) in [7, 11) is 1.39. The Kier molecular flexibility index (Phi) is 4.72. The van der Waals surface area contributed by atoms with Crippen molar-refractivity contribution in [3.8, 4) is 0 Å². The number of carbonyl (C=O) groups excluding carboxylic acids is 1. The van der Waals surface area contributed by atoms with Crippen LogP contribution in [0, 0.1) is 0 Å². The lowest BCUT2D eigenvalue weighted by molar-refractivity contribution is 0.0601. The Morgan fingerprint density at radius 3 is 2.30 bits per heavy atom. The van der Waals surface area contributed by atoms with Gasteiger partial charge in [0.15, 0.2) is 0 Å². The molecule has 102 valence electrons. The monoisotopic (exact) mass is 266 g/mol. The predicted molar refractivity (Wildman–Crippen MR) is 81.7 cm³/mol. The fourth-order valence-electron chi connectivity index (χ4n) is 1.97. The summed E-state index contributed by atoms with van der Waals surface area (Å²) in [5, 5.41) is 0. The van der Waals surface area contributed by atoms with Gasteiger partial charge in [-0.2, -0.15) is 0 Å². The van der Waals surface area contributed by atoms with Crippen LogP contribution in [0.3, 0.4) is 0 Å². The van der Waals surface area contributed by atoms with Crippen molar-refractivity contribution in [1.29, 1.82) is 0 Å². The molecule has 2 aromatic carbocycles. The molecule has 1 atom stereocenters. The van der Waals surface area contributed by atoms with Gasteiger partial charge in [0.25, 0.3) is 0 Å². The van der Waals surface area contributed by atoms with Crippen LogP contribution in [0.1, 0.15) is 34.3 Å². The van der Waals surface area contributed by atoms with Crippen molar-refractivity contribution in [3.63, 3.8) is 0 Å². The molecule has 0 heterocycles. The number of benzene rings is 2. The number of methoxy groups -OCH3 is 1. The molecular formula is C18H18O2. The Bertz CT molecular complexity index is 583. The number of hydrogen-bond acceptors (Lipinski definition) is 2. The summed E-state index contributed by atoms with van der Waals surface area (Å²) < 4.78 is 4.68. The minimum atomic E-state index is -0.307. The average molecular weight is 266 g/mol. The predicted octanol–water partition coefficient (Wildman–Crippen LogP) is 4.29. The molecule has 0 saturated carbocycles. The van der Waals surface area contributed by atoms with Gasteiger partial charge in [0.2, 0.25) is 0 Å². The van der Waals surface area contributed by atoms with E-state index in [1.807, 2.05) is 30.3 Å². The number of ether oxygens (including phenoxy) is 1. The Morgan fingerprint density at radius 1 is 1.05 bits per heavy atom. The first kappa shape index (κ1) is 14.1. The second-order valence-corrected chi connectivity index (χ2v) is 4.67. The molecule has 0 saturated heterocycles. The maximum Gasteiger partial charge on any atom is 0.337 e. The fraction of sp³-hybridized carbons (Fsp3) is 0.167. The minimum absolute atomic E-state index is 0.307. The summed E-state index contributed by atoms with van der Waals surface area (Å²) in [6.07, 6.45) is 4.22. The van der Waals surface area contributed by atoms with Crippen molar-refractivity contribution >= 4 is 12.0 Å². The summed E-state index contributed by atoms with van der Waals surface area (Å²) in [6, 6.07) is 17.7. The first-order valence-electron chi connectivity index (χ1n) is 6.62. The van der Waals surface area contributed by atoms with Crippen LogP contribution in [0.2, 0.25) is 0 Å². The molecule has 0 unspecified atom stereocenters. The van der Waals surface area contributed by atoms with Gasteiger partial charge in [-0.05, 0) is 29.2 Å². The maximum absolute atomic E-state index is 11.3. The van der Waals surface area contributed by atoms with Crippen molar-refractivity contribution < 1.29 is 9.53 Å². The van der Waals surface area contributed by atoms with Gasteiger partial charge in [-0.25, -0.2) is 4.79 Å². The van der Waals surface area contributed by atoms with E-state index >= 15 is 0 Å². The largest absolute Gasteiger partial charge is 0.465 e. The molecule has 2 rings (SSSR count). The van der Waals surface area contributed by atoms with Crippen molar-refractivity contribution in [2.24, 2.45) is 0 Å². The van der Waals surface area contributed by atoms with Crippen LogP contribution in [0.25, 0.3) is 6.08 Å². The lowest BCUT2D eigenvalue weighted by Gasteiger charge is -2.06. The van der Waals surface area contributed by atoms with Gasteiger partial charge < -0.3 is 4.74 Å². The SMILES string of the molecule is COC(=O)c1ccc(/C=C/[C@@H](C)c2ccccc2)cc1. The topological polar surface area (TPSA) is 26.3 Å². The lowest BCUT2D eigenvalue weighted by Crippen LogP contribution is -2.00. The van der Waals surface area contributed by atoms with Crippen molar-refractivity contribution in [2.75, 3.05) is 7.11 Å². The molecule has 0 fully saturated rings. The van der Waals surface area contributed by atoms with Crippen LogP contribution >= 0.6 is 0 Å². The molecule has 2 aromatic rings. The number of esters is 1. The molecule has 0 aliphatic heterocycles. The summed E-state index contributed by atoms with van der Waals surface area (Å²) in [5.41, 5.74) is 2.93. The van der Waals surface area contributed by atoms with E-state index in [9.17, 15) is 4.79 Å². The van der Waals surface area contributed by atoms with E-state index < -0.39 is 0 Å². The van der Waals surface area contributed by atoms with E-state index in [-0.39, 0.29) is 5.97 Å². The van der Waals surface area contributed by atoms with E-state index in [1.165, 1.54) is 12.7 Å². The van der Waals surface area contributed by atoms with Gasteiger partial charge in [0, 0.05) is 0 Å². The first-order valence-corrected chi connectivity index (χ1v) is 6.62. The van der Waals surface area contributed by atoms with Gasteiger partial charge in [-0.3, -0.25) is 0 Å². The molecule has 0 spiro atoms. The van der Waals surface area contributed by atoms with E-state index in [0.717, 1.165) is 5.56 Å². The quantitative estimate of drug-likeness (QED) is 0.772. The maximum atomic E-state index is 11.3. The van der Waals surface area contributed by atoms with Gasteiger partial charge in [0.1, 0.15) is 0 Å². The summed E-state index contributed by atoms with van der Waals surface area (Å²) >= 11 is 0. The third-order valence-electron chi connectivity index (χ3n) is 3.23. The van der Waals surface area contributed by atoms with Crippen LogP contribution in [0.4, 0.5) is 0 Å². The van der Waals surface area contributed by atoms with E-state index in [1.54, 1.807) is 12.1 Å². The summed E-state index contributed by atoms with van der Waals surface area (Å²) in [5.74, 6) is 0.0506. The van der Waals surface area contributed by atoms with Crippen LogP contribution in [-0.4, -0.2) is 13.1 Å². The Balaban J connectivity index is 2.06. The van der Waals surface area contributed by atoms with Crippen LogP contribution in [-0.2, 0) is 4.74 Å². The second kappa shape index (κ2) is 6.71. The smallest absolute Gasteiger partial charge is 0.337 e. The van der Waals surface area contributed by atoms with Crippen LogP contribution < -0.4 is 0 Å². The molecule has 0 amide bonds. The van der Waals surface area contributed by atoms with Crippen LogP contribution in [0.15, 0.2) is 60.7 Å². The van der Waals surface area contributed by atoms with Gasteiger partial charge in [-0.1, -0.05) is 61.5 Å². The molecular weight excluding hydrogens is 248 g/mol. The second-order valence-electron chi connectivity index (χ2n) is 4.67. The van der Waals surface area contributed by atoms with Gasteiger partial charge >= 0.3 is 5.97 Å². The van der Waals surface area contributed by atoms with Gasteiger partial charge in [0.05, 0.1) is 12.7 Å². The molecule has 0 aliphatic rings. The fourth-order valence-corrected chi connectivity index (χ4v) is 1.97. The molecule has 20 heavy (non-hydrogen) atoms. The third-order valence-corrected chi connectivity index (χ3v) is 3.23. The van der Waals surface area contributed by atoms with Crippen molar-refractivity contribution in [3.05, 3.63) is 77.4 Å². The zero-order valence-corrected chi connectivity index (χ0v) is 11.7. The Labute approximate surface area is 119 Å². The Hall–Kier alpha value is -2.35. The lowest BCUT2D eigenvalue weighted by atomic mass is 10.00. The number of hydrogen-bond donors (Lipinski definition) is 0. The van der Waals surface area contributed by atoms with E-state index in [4.69, 9.17) is 0 Å².